The Bertz CT molecular complexity index is 937. The van der Waals surface area contributed by atoms with Crippen LogP contribution in [0.4, 0.5) is 0 Å². The number of para-hydroxylation sites is 1. The second-order valence-corrected chi connectivity index (χ2v) is 7.33. The Balaban J connectivity index is 1.53. The number of carbonyl (C=O) groups is 1. The molecule has 0 spiro atoms. The van der Waals surface area contributed by atoms with Gasteiger partial charge in [0.15, 0.2) is 0 Å². The number of benzene rings is 1. The minimum absolute atomic E-state index is 0.0257. The molecule has 0 radical (unpaired) electrons. The number of nitrogens with zero attached hydrogens (tertiary/aromatic N) is 3. The molecule has 1 fully saturated rings. The Hall–Kier alpha value is -2.60. The molecule has 1 aromatic carbocycles. The topological polar surface area (TPSA) is 63.1 Å². The number of amides is 1. The van der Waals surface area contributed by atoms with Crippen molar-refractivity contribution in [2.45, 2.75) is 26.3 Å². The first-order valence-corrected chi connectivity index (χ1v) is 9.53. The number of aromatic amines is 1. The molecule has 1 aliphatic heterocycles. The number of fused-ring (bicyclic) bond motifs is 1. The summed E-state index contributed by atoms with van der Waals surface area (Å²) >= 11 is 0. The van der Waals surface area contributed by atoms with Crippen molar-refractivity contribution in [1.82, 2.24) is 19.7 Å². The van der Waals surface area contributed by atoms with Crippen molar-refractivity contribution in [2.75, 3.05) is 19.8 Å². The lowest BCUT2D eigenvalue weighted by Crippen LogP contribution is -2.38. The third-order valence-corrected chi connectivity index (χ3v) is 5.37. The lowest BCUT2D eigenvalue weighted by Gasteiger charge is -2.25. The predicted molar refractivity (Wildman–Crippen MR) is 104 cm³/mol. The van der Waals surface area contributed by atoms with E-state index in [4.69, 9.17) is 4.74 Å². The van der Waals surface area contributed by atoms with Crippen LogP contribution in [0.3, 0.4) is 0 Å². The van der Waals surface area contributed by atoms with E-state index in [1.165, 1.54) is 10.9 Å². The van der Waals surface area contributed by atoms with Crippen molar-refractivity contribution in [3.05, 3.63) is 53.5 Å². The average molecular weight is 366 g/mol. The number of aromatic nitrogens is 3. The van der Waals surface area contributed by atoms with Crippen LogP contribution >= 0.6 is 0 Å². The number of rotatable bonds is 6. The van der Waals surface area contributed by atoms with Gasteiger partial charge in [-0.05, 0) is 37.5 Å². The van der Waals surface area contributed by atoms with E-state index in [9.17, 15) is 4.79 Å². The molecule has 0 aliphatic carbocycles. The van der Waals surface area contributed by atoms with Gasteiger partial charge in [-0.2, -0.15) is 5.10 Å². The molecule has 0 saturated carbocycles. The van der Waals surface area contributed by atoms with Crippen molar-refractivity contribution in [1.29, 1.82) is 0 Å². The summed E-state index contributed by atoms with van der Waals surface area (Å²) in [7, 11) is 1.93. The summed E-state index contributed by atoms with van der Waals surface area (Å²) < 4.78 is 7.31. The number of nitrogens with one attached hydrogen (secondary N) is 1. The molecule has 0 unspecified atom stereocenters. The number of hydrogen-bond donors (Lipinski definition) is 1. The van der Waals surface area contributed by atoms with Gasteiger partial charge in [0.1, 0.15) is 0 Å². The first-order chi connectivity index (χ1) is 13.1. The fraction of sp³-hybridized carbons (Fsp3) is 0.429. The van der Waals surface area contributed by atoms with E-state index in [0.29, 0.717) is 26.3 Å². The molecule has 1 saturated heterocycles. The SMILES string of the molecule is Cc1cc(CN(CCc2c[nH]c3ccccc23)C(=O)[C@@H]2CCOC2)n(C)n1. The highest BCUT2D eigenvalue weighted by atomic mass is 16.5. The molecule has 1 aliphatic rings. The molecule has 142 valence electrons. The predicted octanol–water partition coefficient (Wildman–Crippen LogP) is 2.82. The fourth-order valence-electron chi connectivity index (χ4n) is 3.86. The molecule has 3 aromatic rings. The number of aryl methyl sites for hydroxylation is 2. The van der Waals surface area contributed by atoms with Crippen LogP contribution in [0, 0.1) is 12.8 Å². The lowest BCUT2D eigenvalue weighted by molar-refractivity contribution is -0.136. The van der Waals surface area contributed by atoms with Gasteiger partial charge in [-0.1, -0.05) is 18.2 Å². The Morgan fingerprint density at radius 1 is 1.41 bits per heavy atom. The fourth-order valence-corrected chi connectivity index (χ4v) is 3.86. The number of hydrogen-bond acceptors (Lipinski definition) is 3. The monoisotopic (exact) mass is 366 g/mol. The quantitative estimate of drug-likeness (QED) is 0.730. The first-order valence-electron chi connectivity index (χ1n) is 9.53. The Kier molecular flexibility index (Phi) is 4.99. The van der Waals surface area contributed by atoms with Crippen LogP contribution in [0.15, 0.2) is 36.5 Å². The minimum Gasteiger partial charge on any atom is -0.381 e. The highest BCUT2D eigenvalue weighted by Gasteiger charge is 2.28. The second-order valence-electron chi connectivity index (χ2n) is 7.33. The largest absolute Gasteiger partial charge is 0.381 e. The summed E-state index contributed by atoms with van der Waals surface area (Å²) in [4.78, 5) is 18.4. The average Bonchev–Trinajstić information content (AvgIpc) is 3.39. The Morgan fingerprint density at radius 3 is 3.00 bits per heavy atom. The highest BCUT2D eigenvalue weighted by molar-refractivity contribution is 5.83. The van der Waals surface area contributed by atoms with Gasteiger partial charge in [-0.25, -0.2) is 0 Å². The van der Waals surface area contributed by atoms with Crippen LogP contribution in [-0.2, 0) is 29.5 Å². The Morgan fingerprint density at radius 2 is 2.26 bits per heavy atom. The van der Waals surface area contributed by atoms with Gasteiger partial charge in [0.25, 0.3) is 0 Å². The molecule has 1 amide bonds. The second kappa shape index (κ2) is 7.56. The van der Waals surface area contributed by atoms with Crippen molar-refractivity contribution in [3.63, 3.8) is 0 Å². The van der Waals surface area contributed by atoms with Gasteiger partial charge in [0.05, 0.1) is 30.5 Å². The van der Waals surface area contributed by atoms with E-state index in [2.05, 4.69) is 40.5 Å². The maximum atomic E-state index is 13.1. The van der Waals surface area contributed by atoms with Gasteiger partial charge in [-0.15, -0.1) is 0 Å². The molecule has 2 aromatic heterocycles. The van der Waals surface area contributed by atoms with Crippen molar-refractivity contribution in [3.8, 4) is 0 Å². The molecule has 1 atom stereocenters. The van der Waals surface area contributed by atoms with E-state index in [1.54, 1.807) is 0 Å². The zero-order valence-corrected chi connectivity index (χ0v) is 15.9. The van der Waals surface area contributed by atoms with Gasteiger partial charge < -0.3 is 14.6 Å². The van der Waals surface area contributed by atoms with Crippen LogP contribution in [0.2, 0.25) is 0 Å². The standard InChI is InChI=1S/C21H26N4O2/c1-15-11-18(24(2)23-15)13-25(21(26)17-8-10-27-14-17)9-7-16-12-22-20-6-4-3-5-19(16)20/h3-6,11-12,17,22H,7-10,13-14H2,1-2H3/t17-/m1/s1. The number of H-pyrrole nitrogens is 1. The van der Waals surface area contributed by atoms with E-state index in [-0.39, 0.29) is 11.8 Å². The zero-order chi connectivity index (χ0) is 18.8. The highest BCUT2D eigenvalue weighted by Crippen LogP contribution is 2.21. The lowest BCUT2D eigenvalue weighted by atomic mass is 10.1. The van der Waals surface area contributed by atoms with E-state index < -0.39 is 0 Å². The van der Waals surface area contributed by atoms with Gasteiger partial charge in [-0.3, -0.25) is 9.48 Å². The first kappa shape index (κ1) is 17.8. The van der Waals surface area contributed by atoms with Gasteiger partial charge >= 0.3 is 0 Å². The van der Waals surface area contributed by atoms with Crippen LogP contribution in [0.25, 0.3) is 10.9 Å². The van der Waals surface area contributed by atoms with Crippen molar-refractivity contribution in [2.24, 2.45) is 13.0 Å². The van der Waals surface area contributed by atoms with Gasteiger partial charge in [0.2, 0.25) is 5.91 Å². The van der Waals surface area contributed by atoms with Crippen molar-refractivity contribution < 1.29 is 9.53 Å². The van der Waals surface area contributed by atoms with E-state index >= 15 is 0 Å². The molecular formula is C21H26N4O2. The normalized spacial score (nSPS) is 16.9. The molecule has 6 nitrogen and oxygen atoms in total. The summed E-state index contributed by atoms with van der Waals surface area (Å²) in [5, 5.41) is 5.65. The number of ether oxygens (including phenoxy) is 1. The summed E-state index contributed by atoms with van der Waals surface area (Å²) in [6, 6.07) is 10.3. The van der Waals surface area contributed by atoms with Crippen LogP contribution in [-0.4, -0.2) is 45.3 Å². The summed E-state index contributed by atoms with van der Waals surface area (Å²) in [6.45, 7) is 4.45. The van der Waals surface area contributed by atoms with Crippen LogP contribution < -0.4 is 0 Å². The molecule has 3 heterocycles. The smallest absolute Gasteiger partial charge is 0.228 e. The van der Waals surface area contributed by atoms with E-state index in [0.717, 1.165) is 29.7 Å². The van der Waals surface area contributed by atoms with Gasteiger partial charge in [0, 0.05) is 37.3 Å². The molecule has 27 heavy (non-hydrogen) atoms. The maximum Gasteiger partial charge on any atom is 0.228 e. The van der Waals surface area contributed by atoms with E-state index in [1.807, 2.05) is 29.6 Å². The molecule has 1 N–H and O–H groups in total. The molecule has 6 heteroatoms. The molecular weight excluding hydrogens is 340 g/mol. The zero-order valence-electron chi connectivity index (χ0n) is 15.9. The third kappa shape index (κ3) is 3.76. The Labute approximate surface area is 159 Å². The summed E-state index contributed by atoms with van der Waals surface area (Å²) in [6.07, 6.45) is 3.69. The van der Waals surface area contributed by atoms with Crippen LogP contribution in [0.1, 0.15) is 23.4 Å². The molecule has 4 rings (SSSR count). The summed E-state index contributed by atoms with van der Waals surface area (Å²) in [5.41, 5.74) is 4.41. The third-order valence-electron chi connectivity index (χ3n) is 5.37. The van der Waals surface area contributed by atoms with Crippen LogP contribution in [0.5, 0.6) is 0 Å². The molecule has 0 bridgehead atoms. The number of carbonyl (C=O) groups excluding carboxylic acids is 1. The van der Waals surface area contributed by atoms with Crippen molar-refractivity contribution >= 4 is 16.8 Å². The minimum atomic E-state index is -0.0257. The maximum absolute atomic E-state index is 13.1. The summed E-state index contributed by atoms with van der Waals surface area (Å²) in [5.74, 6) is 0.161.